The molecule has 40 heavy (non-hydrogen) atoms. The van der Waals surface area contributed by atoms with Crippen molar-refractivity contribution in [2.75, 3.05) is 44.3 Å². The van der Waals surface area contributed by atoms with E-state index in [-0.39, 0.29) is 17.7 Å². The van der Waals surface area contributed by atoms with Gasteiger partial charge in [-0.25, -0.2) is 0 Å². The van der Waals surface area contributed by atoms with Crippen molar-refractivity contribution in [2.24, 2.45) is 11.3 Å². The van der Waals surface area contributed by atoms with Crippen LogP contribution in [0.15, 0.2) is 30.3 Å². The number of para-hydroxylation sites is 1. The lowest BCUT2D eigenvalue weighted by atomic mass is 9.93. The fraction of sp³-hybridized carbons (Fsp3) is 0.548. The number of carbonyl (C=O) groups is 2. The van der Waals surface area contributed by atoms with E-state index < -0.39 is 24.1 Å². The molecule has 1 N–H and O–H groups in total. The lowest BCUT2D eigenvalue weighted by Crippen LogP contribution is -2.44. The Hall–Kier alpha value is -2.97. The Morgan fingerprint density at radius 2 is 1.80 bits per heavy atom. The summed E-state index contributed by atoms with van der Waals surface area (Å²) in [6, 6.07) is 9.92. The van der Waals surface area contributed by atoms with E-state index in [0.717, 1.165) is 28.9 Å². The molecule has 216 valence electrons. The predicted molar refractivity (Wildman–Crippen MR) is 154 cm³/mol. The summed E-state index contributed by atoms with van der Waals surface area (Å²) in [5, 5.41) is 10.0. The van der Waals surface area contributed by atoms with Gasteiger partial charge >= 0.3 is 5.97 Å². The number of hydrogen-bond acceptors (Lipinski definition) is 6. The third-order valence-electron chi connectivity index (χ3n) is 7.73. The second kappa shape index (κ2) is 11.5. The van der Waals surface area contributed by atoms with E-state index >= 15 is 0 Å². The first kappa shape index (κ1) is 28.6. The molecule has 3 aliphatic rings. The third kappa shape index (κ3) is 6.18. The number of hydrogen-bond donors (Lipinski definition) is 1. The summed E-state index contributed by atoms with van der Waals surface area (Å²) < 4.78 is 18.9. The van der Waals surface area contributed by atoms with Crippen LogP contribution in [-0.2, 0) is 14.3 Å². The van der Waals surface area contributed by atoms with Crippen LogP contribution in [0.5, 0.6) is 11.5 Å². The van der Waals surface area contributed by atoms with Crippen molar-refractivity contribution in [3.63, 3.8) is 0 Å². The van der Waals surface area contributed by atoms with Crippen molar-refractivity contribution < 1.29 is 28.9 Å². The van der Waals surface area contributed by atoms with Gasteiger partial charge in [-0.1, -0.05) is 50.6 Å². The average molecular weight is 571 g/mol. The first-order valence-electron chi connectivity index (χ1n) is 14.1. The average Bonchev–Trinajstić information content (AvgIpc) is 3.03. The summed E-state index contributed by atoms with van der Waals surface area (Å²) in [5.41, 5.74) is 3.68. The zero-order chi connectivity index (χ0) is 28.6. The molecule has 0 saturated carbocycles. The molecule has 0 bridgehead atoms. The molecule has 0 aromatic heterocycles. The molecule has 5 rings (SSSR count). The molecule has 2 aromatic carbocycles. The maximum Gasteiger partial charge on any atom is 0.306 e. The highest BCUT2D eigenvalue weighted by Crippen LogP contribution is 2.47. The second-order valence-electron chi connectivity index (χ2n) is 12.3. The smallest absolute Gasteiger partial charge is 0.306 e. The Bertz CT molecular complexity index is 1270. The summed E-state index contributed by atoms with van der Waals surface area (Å²) in [6.07, 6.45) is 0.176. The molecule has 1 fully saturated rings. The van der Waals surface area contributed by atoms with Gasteiger partial charge in [-0.2, -0.15) is 0 Å². The quantitative estimate of drug-likeness (QED) is 0.509. The number of amides is 1. The first-order chi connectivity index (χ1) is 19.0. The van der Waals surface area contributed by atoms with Crippen LogP contribution < -0.4 is 14.4 Å². The standard InChI is InChI=1S/C31H39ClN2O6/c1-19-14-23-27(24(32)15-19)34(18-31(2,3)4)17-21(16-26(35)33-10-8-20(9-11-33)30(36)37)40-28(23)22-6-5-7-25-29(22)39-13-12-38-25/h5-7,14-15,20-21,28H,8-13,16-18H2,1-4H3,(H,36,37)/t21-,28-/m0/s1. The molecule has 0 spiro atoms. The third-order valence-corrected chi connectivity index (χ3v) is 8.02. The largest absolute Gasteiger partial charge is 0.486 e. The number of carboxylic acids is 1. The molecule has 3 aliphatic heterocycles. The molecule has 0 unspecified atom stereocenters. The molecular weight excluding hydrogens is 532 g/mol. The van der Waals surface area contributed by atoms with Crippen LogP contribution >= 0.6 is 11.6 Å². The van der Waals surface area contributed by atoms with Gasteiger partial charge in [0.25, 0.3) is 0 Å². The highest BCUT2D eigenvalue weighted by molar-refractivity contribution is 6.33. The van der Waals surface area contributed by atoms with Gasteiger partial charge in [0.05, 0.1) is 29.2 Å². The first-order valence-corrected chi connectivity index (χ1v) is 14.5. The van der Waals surface area contributed by atoms with Crippen molar-refractivity contribution in [1.29, 1.82) is 0 Å². The van der Waals surface area contributed by atoms with Gasteiger partial charge in [0.1, 0.15) is 19.3 Å². The van der Waals surface area contributed by atoms with Gasteiger partial charge in [-0.3, -0.25) is 9.59 Å². The minimum absolute atomic E-state index is 0.0220. The van der Waals surface area contributed by atoms with Gasteiger partial charge in [0.15, 0.2) is 11.5 Å². The topological polar surface area (TPSA) is 88.5 Å². The molecule has 9 heteroatoms. The van der Waals surface area contributed by atoms with E-state index in [1.807, 2.05) is 31.2 Å². The number of anilines is 1. The van der Waals surface area contributed by atoms with Gasteiger partial charge in [-0.15, -0.1) is 0 Å². The highest BCUT2D eigenvalue weighted by atomic mass is 35.5. The van der Waals surface area contributed by atoms with Crippen LogP contribution in [0.2, 0.25) is 5.02 Å². The molecule has 1 amide bonds. The van der Waals surface area contributed by atoms with Crippen LogP contribution in [0, 0.1) is 18.3 Å². The number of halogens is 1. The zero-order valence-corrected chi connectivity index (χ0v) is 24.5. The predicted octanol–water partition coefficient (Wildman–Crippen LogP) is 5.47. The number of nitrogens with zero attached hydrogens (tertiary/aromatic N) is 2. The fourth-order valence-corrected chi connectivity index (χ4v) is 6.41. The van der Waals surface area contributed by atoms with E-state index in [1.54, 1.807) is 4.90 Å². The van der Waals surface area contributed by atoms with E-state index in [9.17, 15) is 14.7 Å². The van der Waals surface area contributed by atoms with E-state index in [4.69, 9.17) is 25.8 Å². The van der Waals surface area contributed by atoms with Crippen molar-refractivity contribution in [1.82, 2.24) is 4.90 Å². The normalized spacial score (nSPS) is 21.5. The molecule has 2 aromatic rings. The maximum atomic E-state index is 13.5. The van der Waals surface area contributed by atoms with Crippen molar-refractivity contribution in [3.8, 4) is 11.5 Å². The lowest BCUT2D eigenvalue weighted by molar-refractivity contribution is -0.146. The number of rotatable bonds is 5. The minimum atomic E-state index is -0.790. The number of piperidine rings is 1. The van der Waals surface area contributed by atoms with Gasteiger partial charge in [0.2, 0.25) is 5.91 Å². The monoisotopic (exact) mass is 570 g/mol. The van der Waals surface area contributed by atoms with Crippen LogP contribution in [-0.4, -0.2) is 67.4 Å². The Balaban J connectivity index is 1.52. The number of fused-ring (bicyclic) bond motifs is 2. The summed E-state index contributed by atoms with van der Waals surface area (Å²) in [7, 11) is 0. The number of carboxylic acid groups (broad SMARTS) is 1. The maximum absolute atomic E-state index is 13.5. The van der Waals surface area contributed by atoms with E-state index in [2.05, 4.69) is 31.7 Å². The fourth-order valence-electron chi connectivity index (χ4n) is 6.01. The van der Waals surface area contributed by atoms with Gasteiger partial charge in [0, 0.05) is 37.3 Å². The highest BCUT2D eigenvalue weighted by Gasteiger charge is 2.37. The number of carbonyl (C=O) groups excluding carboxylic acids is 1. The van der Waals surface area contributed by atoms with Crippen molar-refractivity contribution in [3.05, 3.63) is 52.0 Å². The Morgan fingerprint density at radius 3 is 2.50 bits per heavy atom. The van der Waals surface area contributed by atoms with Gasteiger partial charge < -0.3 is 29.1 Å². The molecular formula is C31H39ClN2O6. The Labute approximate surface area is 241 Å². The van der Waals surface area contributed by atoms with Crippen LogP contribution in [0.4, 0.5) is 5.69 Å². The molecule has 0 aliphatic carbocycles. The number of likely N-dealkylation sites (tertiary alicyclic amines) is 1. The summed E-state index contributed by atoms with van der Waals surface area (Å²) >= 11 is 6.98. The van der Waals surface area contributed by atoms with Crippen LogP contribution in [0.1, 0.15) is 62.8 Å². The number of aliphatic carboxylic acids is 1. The van der Waals surface area contributed by atoms with Crippen molar-refractivity contribution in [2.45, 2.75) is 59.2 Å². The number of aryl methyl sites for hydroxylation is 1. The summed E-state index contributed by atoms with van der Waals surface area (Å²) in [6.45, 7) is 11.6. The van der Waals surface area contributed by atoms with Gasteiger partial charge in [-0.05, 0) is 42.9 Å². The molecule has 8 nitrogen and oxygen atoms in total. The number of benzene rings is 2. The minimum Gasteiger partial charge on any atom is -0.486 e. The summed E-state index contributed by atoms with van der Waals surface area (Å²) in [5.74, 6) is 0.134. The van der Waals surface area contributed by atoms with Crippen LogP contribution in [0.25, 0.3) is 0 Å². The van der Waals surface area contributed by atoms with E-state index in [1.165, 1.54) is 0 Å². The zero-order valence-electron chi connectivity index (χ0n) is 23.7. The SMILES string of the molecule is Cc1cc(Cl)c2c(c1)[C@H](c1cccc3c1OCCO3)O[C@@H](CC(=O)N1CCC(C(=O)O)CC1)CN2CC(C)(C)C. The number of ether oxygens (including phenoxy) is 3. The Kier molecular flexibility index (Phi) is 8.20. The molecule has 2 atom stereocenters. The second-order valence-corrected chi connectivity index (χ2v) is 12.7. The van der Waals surface area contributed by atoms with Crippen LogP contribution in [0.3, 0.4) is 0 Å². The lowest BCUT2D eigenvalue weighted by Gasteiger charge is -2.34. The summed E-state index contributed by atoms with van der Waals surface area (Å²) in [4.78, 5) is 29.0. The van der Waals surface area contributed by atoms with E-state index in [0.29, 0.717) is 62.2 Å². The molecule has 0 radical (unpaired) electrons. The molecule has 1 saturated heterocycles. The Morgan fingerprint density at radius 1 is 1.07 bits per heavy atom. The van der Waals surface area contributed by atoms with Crippen molar-refractivity contribution >= 4 is 29.2 Å². The molecule has 3 heterocycles.